The quantitative estimate of drug-likeness (QED) is 0.239. The summed E-state index contributed by atoms with van der Waals surface area (Å²) >= 11 is 0. The molecule has 2 aromatic rings. The smallest absolute Gasteiger partial charge is 0.293 e. The van der Waals surface area contributed by atoms with Crippen molar-refractivity contribution >= 4 is 42.4 Å². The summed E-state index contributed by atoms with van der Waals surface area (Å²) in [4.78, 5) is 10.2. The molecule has 11 nitrogen and oxygen atoms in total. The number of nitro benzene ring substituents is 1. The van der Waals surface area contributed by atoms with Gasteiger partial charge in [-0.2, -0.15) is 0 Å². The minimum atomic E-state index is -3.89. The summed E-state index contributed by atoms with van der Waals surface area (Å²) in [5, 5.41) is 31.7. The van der Waals surface area contributed by atoms with E-state index in [4.69, 9.17) is 15.9 Å². The van der Waals surface area contributed by atoms with Crippen LogP contribution in [0.5, 0.6) is 0 Å². The first-order chi connectivity index (χ1) is 13.5. The first kappa shape index (κ1) is 22.5. The summed E-state index contributed by atoms with van der Waals surface area (Å²) in [5.41, 5.74) is 5.39. The molecule has 0 atom stereocenters. The third-order valence-electron chi connectivity index (χ3n) is 3.90. The monoisotopic (exact) mass is 445 g/mol. The third kappa shape index (κ3) is 5.20. The highest BCUT2D eigenvalue weighted by Gasteiger charge is 2.22. The molecule has 0 aliphatic heterocycles. The number of benzene rings is 2. The average Bonchev–Trinajstić information content (AvgIpc) is 2.63. The number of rotatable bonds is 9. The van der Waals surface area contributed by atoms with Crippen LogP contribution in [0.2, 0.25) is 0 Å². The molecule has 0 aliphatic rings. The van der Waals surface area contributed by atoms with E-state index >= 15 is 0 Å². The van der Waals surface area contributed by atoms with Crippen molar-refractivity contribution in [1.29, 1.82) is 0 Å². The van der Waals surface area contributed by atoms with Gasteiger partial charge in [0.25, 0.3) is 5.69 Å². The number of nitrogens with zero attached hydrogens (tertiary/aromatic N) is 1. The van der Waals surface area contributed by atoms with Gasteiger partial charge in [-0.25, -0.2) is 16.8 Å². The van der Waals surface area contributed by atoms with Crippen molar-refractivity contribution in [3.05, 3.63) is 46.5 Å². The molecular formula is C16H19N3O8S2. The molecule has 0 unspecified atom stereocenters. The van der Waals surface area contributed by atoms with Gasteiger partial charge in [0.2, 0.25) is 0 Å². The van der Waals surface area contributed by atoms with Crippen molar-refractivity contribution in [3.8, 4) is 0 Å². The number of nitrogens with two attached hydrogens (primary N) is 1. The fourth-order valence-corrected chi connectivity index (χ4v) is 4.53. The van der Waals surface area contributed by atoms with E-state index in [1.54, 1.807) is 0 Å². The highest BCUT2D eigenvalue weighted by atomic mass is 32.2. The molecule has 5 N–H and O–H groups in total. The Labute approximate surface area is 166 Å². The van der Waals surface area contributed by atoms with Crippen LogP contribution in [-0.2, 0) is 19.7 Å². The van der Waals surface area contributed by atoms with Crippen LogP contribution in [0.25, 0.3) is 0 Å². The Morgan fingerprint density at radius 2 is 1.38 bits per heavy atom. The van der Waals surface area contributed by atoms with Crippen LogP contribution in [0.4, 0.5) is 22.7 Å². The van der Waals surface area contributed by atoms with Gasteiger partial charge in [-0.3, -0.25) is 10.1 Å². The molecule has 29 heavy (non-hydrogen) atoms. The normalized spacial score (nSPS) is 11.9. The lowest BCUT2D eigenvalue weighted by molar-refractivity contribution is -0.384. The molecule has 0 fully saturated rings. The average molecular weight is 445 g/mol. The van der Waals surface area contributed by atoms with Gasteiger partial charge >= 0.3 is 0 Å². The molecule has 0 saturated heterocycles. The maximum Gasteiger partial charge on any atom is 0.293 e. The van der Waals surface area contributed by atoms with E-state index in [0.717, 1.165) is 18.2 Å². The Morgan fingerprint density at radius 1 is 0.897 bits per heavy atom. The summed E-state index contributed by atoms with van der Waals surface area (Å²) in [5.74, 6) is -1.05. The van der Waals surface area contributed by atoms with Crippen molar-refractivity contribution in [1.82, 2.24) is 0 Å². The van der Waals surface area contributed by atoms with E-state index in [0.29, 0.717) is 0 Å². The van der Waals surface area contributed by atoms with Crippen molar-refractivity contribution in [2.75, 3.05) is 35.8 Å². The van der Waals surface area contributed by atoms with E-state index in [9.17, 15) is 26.9 Å². The van der Waals surface area contributed by atoms with Crippen LogP contribution >= 0.6 is 0 Å². The molecule has 0 heterocycles. The van der Waals surface area contributed by atoms with Crippen molar-refractivity contribution < 1.29 is 32.0 Å². The number of aliphatic hydroxyl groups is 2. The summed E-state index contributed by atoms with van der Waals surface area (Å²) in [6, 6.07) is 6.88. The molecule has 13 heteroatoms. The van der Waals surface area contributed by atoms with Gasteiger partial charge in [0.15, 0.2) is 19.7 Å². The second-order valence-corrected chi connectivity index (χ2v) is 10.1. The van der Waals surface area contributed by atoms with Crippen molar-refractivity contribution in [2.45, 2.75) is 9.79 Å². The third-order valence-corrected chi connectivity index (χ3v) is 7.28. The van der Waals surface area contributed by atoms with Crippen LogP contribution in [0.3, 0.4) is 0 Å². The number of nitrogen functional groups attached to an aromatic ring is 1. The number of nitrogens with one attached hydrogen (secondary N) is 1. The summed E-state index contributed by atoms with van der Waals surface area (Å²) in [6.45, 7) is -1.18. The molecule has 0 radical (unpaired) electrons. The maximum absolute atomic E-state index is 12.0. The standard InChI is InChI=1S/C16H19N3O8S2/c17-13-9-11(28(24,25)7-5-20)1-3-14(13)18-15-4-2-12(10-16(15)19(22)23)29(26,27)8-6-21/h1-4,9-10,18,20-21H,5-8,17H2. The molecule has 0 saturated carbocycles. The van der Waals surface area contributed by atoms with Gasteiger partial charge < -0.3 is 21.3 Å². The lowest BCUT2D eigenvalue weighted by atomic mass is 10.2. The predicted molar refractivity (Wildman–Crippen MR) is 106 cm³/mol. The largest absolute Gasteiger partial charge is 0.397 e. The zero-order valence-corrected chi connectivity index (χ0v) is 16.6. The number of hydrogen-bond acceptors (Lipinski definition) is 10. The molecule has 2 aromatic carbocycles. The van der Waals surface area contributed by atoms with E-state index in [1.807, 2.05) is 0 Å². The number of aliphatic hydroxyl groups excluding tert-OH is 2. The molecule has 0 amide bonds. The molecule has 0 aromatic heterocycles. The van der Waals surface area contributed by atoms with Crippen LogP contribution in [0, 0.1) is 10.1 Å². The second kappa shape index (κ2) is 8.73. The van der Waals surface area contributed by atoms with Gasteiger partial charge in [-0.15, -0.1) is 0 Å². The minimum absolute atomic E-state index is 0.0182. The second-order valence-electron chi connectivity index (χ2n) is 5.90. The highest BCUT2D eigenvalue weighted by molar-refractivity contribution is 7.91. The SMILES string of the molecule is Nc1cc(S(=O)(=O)CCO)ccc1Nc1ccc(S(=O)(=O)CCO)cc1[N+](=O)[O-]. The summed E-state index contributed by atoms with van der Waals surface area (Å²) in [6.07, 6.45) is 0. The van der Waals surface area contributed by atoms with E-state index in [1.165, 1.54) is 18.2 Å². The molecule has 158 valence electrons. The Hall–Kier alpha value is -2.74. The first-order valence-corrected chi connectivity index (χ1v) is 11.4. The van der Waals surface area contributed by atoms with Gasteiger partial charge in [0.1, 0.15) is 5.69 Å². The lowest BCUT2D eigenvalue weighted by Crippen LogP contribution is -2.11. The zero-order valence-electron chi connectivity index (χ0n) is 15.0. The molecule has 0 aliphatic carbocycles. The Morgan fingerprint density at radius 3 is 1.83 bits per heavy atom. The van der Waals surface area contributed by atoms with Crippen LogP contribution in [-0.4, -0.2) is 56.7 Å². The number of nitro groups is 1. The zero-order chi connectivity index (χ0) is 21.8. The van der Waals surface area contributed by atoms with E-state index in [2.05, 4.69) is 5.32 Å². The summed E-state index contributed by atoms with van der Waals surface area (Å²) in [7, 11) is -7.61. The van der Waals surface area contributed by atoms with Gasteiger partial charge in [-0.05, 0) is 30.3 Å². The van der Waals surface area contributed by atoms with Gasteiger partial charge in [0, 0.05) is 6.07 Å². The topological polar surface area (TPSA) is 190 Å². The maximum atomic E-state index is 12.0. The molecular weight excluding hydrogens is 426 g/mol. The van der Waals surface area contributed by atoms with E-state index in [-0.39, 0.29) is 26.9 Å². The van der Waals surface area contributed by atoms with Crippen molar-refractivity contribution in [3.63, 3.8) is 0 Å². The van der Waals surface area contributed by atoms with Gasteiger partial charge in [0.05, 0.1) is 50.8 Å². The number of sulfone groups is 2. The van der Waals surface area contributed by atoms with Crippen LogP contribution in [0.1, 0.15) is 0 Å². The number of anilines is 3. The van der Waals surface area contributed by atoms with Crippen LogP contribution in [0.15, 0.2) is 46.2 Å². The number of hydrogen-bond donors (Lipinski definition) is 4. The Bertz CT molecular complexity index is 1130. The lowest BCUT2D eigenvalue weighted by Gasteiger charge is -2.12. The van der Waals surface area contributed by atoms with Crippen molar-refractivity contribution in [2.24, 2.45) is 0 Å². The first-order valence-electron chi connectivity index (χ1n) is 8.14. The van der Waals surface area contributed by atoms with Crippen LogP contribution < -0.4 is 11.1 Å². The predicted octanol–water partition coefficient (Wildman–Crippen LogP) is 0.453. The fourth-order valence-electron chi connectivity index (χ4n) is 2.43. The van der Waals surface area contributed by atoms with Gasteiger partial charge in [-0.1, -0.05) is 0 Å². The fraction of sp³-hybridized carbons (Fsp3) is 0.250. The summed E-state index contributed by atoms with van der Waals surface area (Å²) < 4.78 is 48.0. The molecule has 0 bridgehead atoms. The van der Waals surface area contributed by atoms with E-state index < -0.39 is 55.0 Å². The Balaban J connectivity index is 2.43. The Kier molecular flexibility index (Phi) is 6.79. The molecule has 2 rings (SSSR count). The highest BCUT2D eigenvalue weighted by Crippen LogP contribution is 2.33. The minimum Gasteiger partial charge on any atom is -0.397 e. The molecule has 0 spiro atoms.